The van der Waals surface area contributed by atoms with Gasteiger partial charge in [0.2, 0.25) is 0 Å². The lowest BCUT2D eigenvalue weighted by molar-refractivity contribution is 0.521. The lowest BCUT2D eigenvalue weighted by Gasteiger charge is -2.14. The van der Waals surface area contributed by atoms with E-state index in [-0.39, 0.29) is 5.69 Å². The van der Waals surface area contributed by atoms with Gasteiger partial charge < -0.3 is 9.73 Å². The highest BCUT2D eigenvalue weighted by molar-refractivity contribution is 7.92. The van der Waals surface area contributed by atoms with Crippen molar-refractivity contribution >= 4 is 15.7 Å². The van der Waals surface area contributed by atoms with Crippen LogP contribution < -0.4 is 10.0 Å². The molecular formula is C18H16F2N2O3S. The van der Waals surface area contributed by atoms with Gasteiger partial charge in [0.25, 0.3) is 10.0 Å². The zero-order valence-electron chi connectivity index (χ0n) is 13.8. The van der Waals surface area contributed by atoms with Crippen LogP contribution in [-0.2, 0) is 16.6 Å². The number of nitrogens with one attached hydrogen (secondary N) is 2. The Balaban J connectivity index is 2.09. The Bertz CT molecular complexity index is 999. The first-order valence-electron chi connectivity index (χ1n) is 7.70. The number of sulfonamides is 1. The van der Waals surface area contributed by atoms with E-state index in [0.29, 0.717) is 17.9 Å². The summed E-state index contributed by atoms with van der Waals surface area (Å²) in [7, 11) is -2.73. The van der Waals surface area contributed by atoms with Crippen LogP contribution in [0.1, 0.15) is 5.56 Å². The van der Waals surface area contributed by atoms with Gasteiger partial charge in [0, 0.05) is 12.1 Å². The quantitative estimate of drug-likeness (QED) is 0.685. The van der Waals surface area contributed by atoms with E-state index < -0.39 is 26.6 Å². The number of hydrogen-bond acceptors (Lipinski definition) is 4. The molecule has 1 aromatic heterocycles. The average Bonchev–Trinajstić information content (AvgIpc) is 3.09. The smallest absolute Gasteiger partial charge is 0.267 e. The fourth-order valence-corrected chi connectivity index (χ4v) is 3.78. The molecule has 0 atom stereocenters. The fraction of sp³-hybridized carbons (Fsp3) is 0.111. The van der Waals surface area contributed by atoms with Crippen LogP contribution >= 0.6 is 0 Å². The van der Waals surface area contributed by atoms with Crippen molar-refractivity contribution in [1.82, 2.24) is 5.32 Å². The third-order valence-electron chi connectivity index (χ3n) is 3.68. The molecule has 0 spiro atoms. The number of halogens is 2. The minimum Gasteiger partial charge on any atom is -0.464 e. The lowest BCUT2D eigenvalue weighted by atomic mass is 10.1. The summed E-state index contributed by atoms with van der Waals surface area (Å²) in [4.78, 5) is -1.02. The number of rotatable bonds is 6. The van der Waals surface area contributed by atoms with Gasteiger partial charge in [-0.1, -0.05) is 12.1 Å². The van der Waals surface area contributed by atoms with Crippen LogP contribution in [0.2, 0.25) is 0 Å². The van der Waals surface area contributed by atoms with Gasteiger partial charge in [-0.2, -0.15) is 0 Å². The molecule has 26 heavy (non-hydrogen) atoms. The minimum absolute atomic E-state index is 0.162. The SMILES string of the molecule is CNCc1ccc(-c2ccco2)c(NS(=O)(=O)c2c(F)cccc2F)c1. The second-order valence-electron chi connectivity index (χ2n) is 5.54. The Morgan fingerprint density at radius 1 is 1.04 bits per heavy atom. The van der Waals surface area contributed by atoms with E-state index in [9.17, 15) is 17.2 Å². The highest BCUT2D eigenvalue weighted by Gasteiger charge is 2.25. The standard InChI is InChI=1S/C18H16F2N2O3S/c1-21-11-12-7-8-13(17-6-3-9-25-17)16(10-12)22-26(23,24)18-14(19)4-2-5-15(18)20/h2-10,21-22H,11H2,1H3. The van der Waals surface area contributed by atoms with Crippen molar-refractivity contribution in [3.05, 3.63) is 72.0 Å². The van der Waals surface area contributed by atoms with E-state index in [4.69, 9.17) is 4.42 Å². The van der Waals surface area contributed by atoms with Gasteiger partial charge in [0.1, 0.15) is 17.4 Å². The Morgan fingerprint density at radius 2 is 1.77 bits per heavy atom. The van der Waals surface area contributed by atoms with Gasteiger partial charge in [-0.25, -0.2) is 17.2 Å². The highest BCUT2D eigenvalue weighted by Crippen LogP contribution is 2.32. The van der Waals surface area contributed by atoms with Crippen LogP contribution in [0.4, 0.5) is 14.5 Å². The zero-order valence-corrected chi connectivity index (χ0v) is 14.6. The summed E-state index contributed by atoms with van der Waals surface area (Å²) in [5, 5.41) is 2.96. The molecular weight excluding hydrogens is 362 g/mol. The van der Waals surface area contributed by atoms with E-state index in [0.717, 1.165) is 23.8 Å². The molecule has 8 heteroatoms. The third-order valence-corrected chi connectivity index (χ3v) is 5.10. The maximum absolute atomic E-state index is 13.9. The zero-order chi connectivity index (χ0) is 18.7. The van der Waals surface area contributed by atoms with Crippen molar-refractivity contribution in [2.24, 2.45) is 0 Å². The first-order chi connectivity index (χ1) is 12.4. The summed E-state index contributed by atoms with van der Waals surface area (Å²) in [5.41, 5.74) is 1.40. The van der Waals surface area contributed by atoms with Crippen LogP contribution in [0.5, 0.6) is 0 Å². The largest absolute Gasteiger partial charge is 0.464 e. The maximum atomic E-state index is 13.9. The third kappa shape index (κ3) is 3.61. The molecule has 0 saturated carbocycles. The molecule has 3 rings (SSSR count). The molecule has 2 N–H and O–H groups in total. The second kappa shape index (κ2) is 7.27. The molecule has 0 bridgehead atoms. The molecule has 0 radical (unpaired) electrons. The van der Waals surface area contributed by atoms with Crippen molar-refractivity contribution in [3.63, 3.8) is 0 Å². The van der Waals surface area contributed by atoms with Crippen LogP contribution in [0, 0.1) is 11.6 Å². The van der Waals surface area contributed by atoms with Crippen LogP contribution in [0.15, 0.2) is 64.1 Å². The molecule has 3 aromatic rings. The summed E-state index contributed by atoms with van der Waals surface area (Å²) < 4.78 is 60.7. The van der Waals surface area contributed by atoms with E-state index in [2.05, 4.69) is 10.0 Å². The number of furan rings is 1. The van der Waals surface area contributed by atoms with Crippen LogP contribution in [0.25, 0.3) is 11.3 Å². The maximum Gasteiger partial charge on any atom is 0.267 e. The van der Waals surface area contributed by atoms with Gasteiger partial charge in [-0.05, 0) is 49.0 Å². The van der Waals surface area contributed by atoms with Crippen molar-refractivity contribution in [2.75, 3.05) is 11.8 Å². The first kappa shape index (κ1) is 18.1. The van der Waals surface area contributed by atoms with E-state index in [1.165, 1.54) is 6.26 Å². The molecule has 0 saturated heterocycles. The predicted molar refractivity (Wildman–Crippen MR) is 94.1 cm³/mol. The Labute approximate surface area is 149 Å². The van der Waals surface area contributed by atoms with Crippen LogP contribution in [0.3, 0.4) is 0 Å². The molecule has 0 unspecified atom stereocenters. The predicted octanol–water partition coefficient (Wildman–Crippen LogP) is 3.75. The summed E-state index contributed by atoms with van der Waals surface area (Å²) in [6, 6.07) is 11.3. The Kier molecular flexibility index (Phi) is 5.06. The minimum atomic E-state index is -4.48. The molecule has 136 valence electrons. The Morgan fingerprint density at radius 3 is 2.38 bits per heavy atom. The lowest BCUT2D eigenvalue weighted by Crippen LogP contribution is -2.17. The van der Waals surface area contributed by atoms with Gasteiger partial charge in [0.05, 0.1) is 12.0 Å². The van der Waals surface area contributed by atoms with Crippen molar-refractivity contribution in [1.29, 1.82) is 0 Å². The molecule has 0 aliphatic heterocycles. The number of benzene rings is 2. The van der Waals surface area contributed by atoms with Gasteiger partial charge in [0.15, 0.2) is 4.90 Å². The summed E-state index contributed by atoms with van der Waals surface area (Å²) >= 11 is 0. The summed E-state index contributed by atoms with van der Waals surface area (Å²) in [6.45, 7) is 0.487. The molecule has 0 aliphatic carbocycles. The summed E-state index contributed by atoms with van der Waals surface area (Å²) in [5.74, 6) is -1.90. The van der Waals surface area contributed by atoms with E-state index in [1.807, 2.05) is 0 Å². The summed E-state index contributed by atoms with van der Waals surface area (Å²) in [6.07, 6.45) is 1.45. The van der Waals surface area contributed by atoms with Gasteiger partial charge in [-0.15, -0.1) is 0 Å². The van der Waals surface area contributed by atoms with E-state index >= 15 is 0 Å². The fourth-order valence-electron chi connectivity index (χ4n) is 2.57. The molecule has 0 fully saturated rings. The van der Waals surface area contributed by atoms with Crippen molar-refractivity contribution in [2.45, 2.75) is 11.4 Å². The van der Waals surface area contributed by atoms with Crippen LogP contribution in [-0.4, -0.2) is 15.5 Å². The average molecular weight is 378 g/mol. The van der Waals surface area contributed by atoms with E-state index in [1.54, 1.807) is 37.4 Å². The normalized spacial score (nSPS) is 11.5. The van der Waals surface area contributed by atoms with Crippen molar-refractivity contribution < 1.29 is 21.6 Å². The molecule has 5 nitrogen and oxygen atoms in total. The first-order valence-corrected chi connectivity index (χ1v) is 9.19. The van der Waals surface area contributed by atoms with Gasteiger partial charge >= 0.3 is 0 Å². The number of hydrogen-bond donors (Lipinski definition) is 2. The molecule has 0 amide bonds. The van der Waals surface area contributed by atoms with Gasteiger partial charge in [-0.3, -0.25) is 4.72 Å². The second-order valence-corrected chi connectivity index (χ2v) is 7.16. The number of anilines is 1. The molecule has 1 heterocycles. The van der Waals surface area contributed by atoms with Crippen molar-refractivity contribution in [3.8, 4) is 11.3 Å². The topological polar surface area (TPSA) is 71.3 Å². The highest BCUT2D eigenvalue weighted by atomic mass is 32.2. The molecule has 0 aliphatic rings. The molecule has 2 aromatic carbocycles. The monoisotopic (exact) mass is 378 g/mol. The Hall–Kier alpha value is -2.71.